The first-order valence-electron chi connectivity index (χ1n) is 3.14. The molecule has 2 heteroatoms. The average molecular weight is 145 g/mol. The highest BCUT2D eigenvalue weighted by Gasteiger charge is 1.94. The molecule has 0 saturated heterocycles. The maximum Gasteiger partial charge on any atom is 0.0135 e. The Labute approximate surface area is 61.9 Å². The van der Waals surface area contributed by atoms with E-state index in [-0.39, 0.29) is 0 Å². The van der Waals surface area contributed by atoms with E-state index in [0.29, 0.717) is 6.04 Å². The van der Waals surface area contributed by atoms with Crippen molar-refractivity contribution in [3.05, 3.63) is 12.7 Å². The van der Waals surface area contributed by atoms with Gasteiger partial charge >= 0.3 is 0 Å². The van der Waals surface area contributed by atoms with Crippen molar-refractivity contribution >= 4 is 11.8 Å². The third-order valence-electron chi connectivity index (χ3n) is 1.03. The molecule has 54 valence electrons. The molecule has 0 saturated carbocycles. The maximum absolute atomic E-state index is 3.62. The highest BCUT2D eigenvalue weighted by atomic mass is 32.2. The molecule has 0 radical (unpaired) electrons. The lowest BCUT2D eigenvalue weighted by atomic mass is 10.4. The summed E-state index contributed by atoms with van der Waals surface area (Å²) in [6.45, 7) is 6.72. The number of rotatable bonds is 5. The molecule has 0 spiro atoms. The maximum atomic E-state index is 3.62. The van der Waals surface area contributed by atoms with E-state index in [9.17, 15) is 0 Å². The molecular formula is C7H15NS. The van der Waals surface area contributed by atoms with Crippen LogP contribution >= 0.6 is 11.8 Å². The van der Waals surface area contributed by atoms with Gasteiger partial charge in [-0.15, -0.1) is 6.58 Å². The van der Waals surface area contributed by atoms with Gasteiger partial charge in [-0.05, 0) is 13.2 Å². The van der Waals surface area contributed by atoms with Crippen LogP contribution in [0.4, 0.5) is 0 Å². The second-order valence-electron chi connectivity index (χ2n) is 2.05. The van der Waals surface area contributed by atoms with Gasteiger partial charge in [-0.2, -0.15) is 11.8 Å². The molecule has 0 amide bonds. The molecule has 0 aromatic heterocycles. The minimum atomic E-state index is 0.609. The van der Waals surface area contributed by atoms with Crippen LogP contribution in [0, 0.1) is 0 Å². The van der Waals surface area contributed by atoms with Crippen LogP contribution in [0.25, 0.3) is 0 Å². The zero-order valence-electron chi connectivity index (χ0n) is 6.18. The van der Waals surface area contributed by atoms with Crippen molar-refractivity contribution in [3.8, 4) is 0 Å². The first-order valence-corrected chi connectivity index (χ1v) is 4.54. The monoisotopic (exact) mass is 145 g/mol. The van der Waals surface area contributed by atoms with Crippen LogP contribution in [-0.4, -0.2) is 24.6 Å². The van der Waals surface area contributed by atoms with E-state index in [1.807, 2.05) is 17.8 Å². The first kappa shape index (κ1) is 9.05. The van der Waals surface area contributed by atoms with Gasteiger partial charge in [0.25, 0.3) is 0 Å². The van der Waals surface area contributed by atoms with Gasteiger partial charge in [0.2, 0.25) is 0 Å². The predicted octanol–water partition coefficient (Wildman–Crippen LogP) is 1.51. The topological polar surface area (TPSA) is 12.0 Å². The first-order chi connectivity index (χ1) is 4.31. The van der Waals surface area contributed by atoms with Crippen molar-refractivity contribution in [2.75, 3.05) is 18.6 Å². The highest BCUT2D eigenvalue weighted by molar-refractivity contribution is 7.98. The molecule has 0 aromatic carbocycles. The fourth-order valence-electron chi connectivity index (χ4n) is 0.593. The van der Waals surface area contributed by atoms with E-state index >= 15 is 0 Å². The molecule has 0 heterocycles. The van der Waals surface area contributed by atoms with Gasteiger partial charge in [-0.3, -0.25) is 0 Å². The Morgan fingerprint density at radius 2 is 2.44 bits per heavy atom. The normalized spacial score (nSPS) is 13.1. The summed E-state index contributed by atoms with van der Waals surface area (Å²) in [6, 6.07) is 0.609. The van der Waals surface area contributed by atoms with Gasteiger partial charge in [-0.25, -0.2) is 0 Å². The zero-order chi connectivity index (χ0) is 7.11. The second kappa shape index (κ2) is 6.17. The molecule has 0 rings (SSSR count). The van der Waals surface area contributed by atoms with E-state index in [1.54, 1.807) is 0 Å². The summed E-state index contributed by atoms with van der Waals surface area (Å²) in [5.74, 6) is 1.17. The van der Waals surface area contributed by atoms with Crippen LogP contribution in [0.1, 0.15) is 6.92 Å². The SMILES string of the molecule is C=CCNC(C)CSC. The lowest BCUT2D eigenvalue weighted by Gasteiger charge is -2.08. The van der Waals surface area contributed by atoms with Crippen molar-refractivity contribution in [2.24, 2.45) is 0 Å². The largest absolute Gasteiger partial charge is 0.310 e. The van der Waals surface area contributed by atoms with Gasteiger partial charge < -0.3 is 5.32 Å². The van der Waals surface area contributed by atoms with Crippen LogP contribution < -0.4 is 5.32 Å². The van der Waals surface area contributed by atoms with E-state index < -0.39 is 0 Å². The molecule has 0 aliphatic heterocycles. The molecule has 0 bridgehead atoms. The minimum absolute atomic E-state index is 0.609. The molecule has 0 fully saturated rings. The van der Waals surface area contributed by atoms with Gasteiger partial charge in [-0.1, -0.05) is 6.08 Å². The fraction of sp³-hybridized carbons (Fsp3) is 0.714. The van der Waals surface area contributed by atoms with Crippen molar-refractivity contribution in [1.29, 1.82) is 0 Å². The number of thioether (sulfide) groups is 1. The Bertz CT molecular complexity index is 73.3. The van der Waals surface area contributed by atoms with Gasteiger partial charge in [0.15, 0.2) is 0 Å². The Kier molecular flexibility index (Phi) is 6.21. The Morgan fingerprint density at radius 3 is 2.89 bits per heavy atom. The lowest BCUT2D eigenvalue weighted by Crippen LogP contribution is -2.27. The van der Waals surface area contributed by atoms with Crippen LogP contribution in [0.2, 0.25) is 0 Å². The summed E-state index contributed by atoms with van der Waals surface area (Å²) in [4.78, 5) is 0. The summed E-state index contributed by atoms with van der Waals surface area (Å²) in [7, 11) is 0. The van der Waals surface area contributed by atoms with Crippen LogP contribution in [0.3, 0.4) is 0 Å². The number of hydrogen-bond acceptors (Lipinski definition) is 2. The van der Waals surface area contributed by atoms with Gasteiger partial charge in [0.1, 0.15) is 0 Å². The smallest absolute Gasteiger partial charge is 0.0135 e. The molecule has 0 aliphatic rings. The molecule has 0 aliphatic carbocycles. The molecule has 1 unspecified atom stereocenters. The molecule has 1 N–H and O–H groups in total. The molecule has 9 heavy (non-hydrogen) atoms. The van der Waals surface area contributed by atoms with Gasteiger partial charge in [0, 0.05) is 18.3 Å². The third kappa shape index (κ3) is 5.93. The van der Waals surface area contributed by atoms with Crippen LogP contribution in [0.15, 0.2) is 12.7 Å². The molecular weight excluding hydrogens is 130 g/mol. The van der Waals surface area contributed by atoms with E-state index in [1.165, 1.54) is 5.75 Å². The summed E-state index contributed by atoms with van der Waals surface area (Å²) in [6.07, 6.45) is 4.00. The summed E-state index contributed by atoms with van der Waals surface area (Å²) in [5, 5.41) is 3.29. The summed E-state index contributed by atoms with van der Waals surface area (Å²) < 4.78 is 0. The van der Waals surface area contributed by atoms with Crippen LogP contribution in [0.5, 0.6) is 0 Å². The summed E-state index contributed by atoms with van der Waals surface area (Å²) in [5.41, 5.74) is 0. The van der Waals surface area contributed by atoms with Crippen molar-refractivity contribution in [2.45, 2.75) is 13.0 Å². The van der Waals surface area contributed by atoms with Crippen molar-refractivity contribution in [3.63, 3.8) is 0 Å². The van der Waals surface area contributed by atoms with Crippen molar-refractivity contribution in [1.82, 2.24) is 5.32 Å². The lowest BCUT2D eigenvalue weighted by molar-refractivity contribution is 0.641. The quantitative estimate of drug-likeness (QED) is 0.589. The third-order valence-corrected chi connectivity index (χ3v) is 1.86. The van der Waals surface area contributed by atoms with E-state index in [0.717, 1.165) is 6.54 Å². The standard InChI is InChI=1S/C7H15NS/c1-4-5-8-7(2)6-9-3/h4,7-8H,1,5-6H2,2-3H3. The van der Waals surface area contributed by atoms with Gasteiger partial charge in [0.05, 0.1) is 0 Å². The second-order valence-corrected chi connectivity index (χ2v) is 2.96. The average Bonchev–Trinajstić information content (AvgIpc) is 1.85. The Morgan fingerprint density at radius 1 is 1.78 bits per heavy atom. The number of hydrogen-bond donors (Lipinski definition) is 1. The minimum Gasteiger partial charge on any atom is -0.310 e. The molecule has 1 atom stereocenters. The summed E-state index contributed by atoms with van der Waals surface area (Å²) >= 11 is 1.86. The van der Waals surface area contributed by atoms with Crippen molar-refractivity contribution < 1.29 is 0 Å². The Hall–Kier alpha value is 0.0500. The predicted molar refractivity (Wildman–Crippen MR) is 46.0 cm³/mol. The van der Waals surface area contributed by atoms with E-state index in [2.05, 4.69) is 25.1 Å². The molecule has 1 nitrogen and oxygen atoms in total. The van der Waals surface area contributed by atoms with E-state index in [4.69, 9.17) is 0 Å². The van der Waals surface area contributed by atoms with Crippen LogP contribution in [-0.2, 0) is 0 Å². The number of nitrogens with one attached hydrogen (secondary N) is 1. The zero-order valence-corrected chi connectivity index (χ0v) is 7.00. The highest BCUT2D eigenvalue weighted by Crippen LogP contribution is 1.94. The molecule has 0 aromatic rings. The fourth-order valence-corrected chi connectivity index (χ4v) is 1.21. The Balaban J connectivity index is 3.04.